The van der Waals surface area contributed by atoms with E-state index in [0.29, 0.717) is 0 Å². The lowest BCUT2D eigenvalue weighted by Crippen LogP contribution is -2.25. The monoisotopic (exact) mass is 135 g/mol. The van der Waals surface area contributed by atoms with Gasteiger partial charge in [0.1, 0.15) is 0 Å². The van der Waals surface area contributed by atoms with Crippen LogP contribution in [-0.2, 0) is 9.59 Å². The third kappa shape index (κ3) is 3.61. The molecule has 0 spiro atoms. The number of carboxylic acids is 1. The standard InChI is InChI=1S/C4H5ClO3/c5-2-3(6)1-4(7)8/h1-2H2,(H,7,8)/p-1. The number of rotatable bonds is 3. The maximum Gasteiger partial charge on any atom is 0.153 e. The van der Waals surface area contributed by atoms with Crippen LogP contribution in [0.15, 0.2) is 0 Å². The SMILES string of the molecule is O=C([O-])CC(=O)CCl. The number of hydrogen-bond donors (Lipinski definition) is 0. The molecular formula is C4H4ClO3-. The van der Waals surface area contributed by atoms with Gasteiger partial charge in [-0.15, -0.1) is 11.6 Å². The van der Waals surface area contributed by atoms with Gasteiger partial charge in [0, 0.05) is 12.4 Å². The molecule has 0 aromatic heterocycles. The highest BCUT2D eigenvalue weighted by molar-refractivity contribution is 6.28. The minimum Gasteiger partial charge on any atom is -0.550 e. The second-order valence-corrected chi connectivity index (χ2v) is 1.49. The topological polar surface area (TPSA) is 57.2 Å². The molecule has 0 radical (unpaired) electrons. The number of carbonyl (C=O) groups is 2. The van der Waals surface area contributed by atoms with Crippen molar-refractivity contribution >= 4 is 23.4 Å². The van der Waals surface area contributed by atoms with Gasteiger partial charge in [-0.05, 0) is 0 Å². The number of hydrogen-bond acceptors (Lipinski definition) is 3. The summed E-state index contributed by atoms with van der Waals surface area (Å²) in [5.41, 5.74) is 0. The maximum atomic E-state index is 10.1. The van der Waals surface area contributed by atoms with Crippen LogP contribution >= 0.6 is 11.6 Å². The molecule has 0 aliphatic rings. The molecule has 0 aromatic carbocycles. The molecule has 0 bridgehead atoms. The van der Waals surface area contributed by atoms with Crippen molar-refractivity contribution in [2.75, 3.05) is 5.88 Å². The first-order valence-corrected chi connectivity index (χ1v) is 2.47. The molecule has 0 unspecified atom stereocenters. The Bertz CT molecular complexity index is 110. The Morgan fingerprint density at radius 2 is 2.00 bits per heavy atom. The molecule has 0 saturated heterocycles. The number of Topliss-reactive ketones (excluding diaryl/α,β-unsaturated/α-hetero) is 1. The van der Waals surface area contributed by atoms with Crippen LogP contribution in [0, 0.1) is 0 Å². The predicted octanol–water partition coefficient (Wildman–Crippen LogP) is -1.07. The lowest BCUT2D eigenvalue weighted by Gasteiger charge is -1.94. The molecule has 0 saturated carbocycles. The first-order chi connectivity index (χ1) is 3.66. The van der Waals surface area contributed by atoms with Crippen LogP contribution in [0.25, 0.3) is 0 Å². The van der Waals surface area contributed by atoms with E-state index in [1.165, 1.54) is 0 Å². The number of aliphatic carboxylic acids is 1. The van der Waals surface area contributed by atoms with Crippen molar-refractivity contribution in [2.24, 2.45) is 0 Å². The van der Waals surface area contributed by atoms with Crippen LogP contribution in [0.4, 0.5) is 0 Å². The van der Waals surface area contributed by atoms with Crippen LogP contribution in [0.1, 0.15) is 6.42 Å². The second kappa shape index (κ2) is 3.43. The highest BCUT2D eigenvalue weighted by Crippen LogP contribution is 1.83. The van der Waals surface area contributed by atoms with E-state index in [4.69, 9.17) is 11.6 Å². The summed E-state index contributed by atoms with van der Waals surface area (Å²) in [4.78, 5) is 19.6. The molecule has 0 aliphatic heterocycles. The van der Waals surface area contributed by atoms with E-state index in [0.717, 1.165) is 0 Å². The predicted molar refractivity (Wildman–Crippen MR) is 25.4 cm³/mol. The average molecular weight is 136 g/mol. The second-order valence-electron chi connectivity index (χ2n) is 1.22. The molecule has 0 rings (SSSR count). The fraction of sp³-hybridized carbons (Fsp3) is 0.500. The minimum atomic E-state index is -1.38. The van der Waals surface area contributed by atoms with E-state index in [2.05, 4.69) is 0 Å². The highest BCUT2D eigenvalue weighted by atomic mass is 35.5. The van der Waals surface area contributed by atoms with Crippen molar-refractivity contribution in [3.05, 3.63) is 0 Å². The summed E-state index contributed by atoms with van der Waals surface area (Å²) in [7, 11) is 0. The molecule has 0 heterocycles. The first kappa shape index (κ1) is 7.43. The molecule has 4 heteroatoms. The van der Waals surface area contributed by atoms with Crippen molar-refractivity contribution in [1.29, 1.82) is 0 Å². The summed E-state index contributed by atoms with van der Waals surface area (Å²) in [6.45, 7) is 0. The fourth-order valence-corrected chi connectivity index (χ4v) is 0.303. The van der Waals surface area contributed by atoms with E-state index in [1.807, 2.05) is 0 Å². The van der Waals surface area contributed by atoms with Crippen LogP contribution in [-0.4, -0.2) is 17.6 Å². The third-order valence-corrected chi connectivity index (χ3v) is 0.789. The molecule has 0 aliphatic carbocycles. The summed E-state index contributed by atoms with van der Waals surface area (Å²) < 4.78 is 0. The van der Waals surface area contributed by atoms with Crippen molar-refractivity contribution in [3.8, 4) is 0 Å². The summed E-state index contributed by atoms with van der Waals surface area (Å²) in [6, 6.07) is 0. The molecule has 0 atom stereocenters. The van der Waals surface area contributed by atoms with Crippen molar-refractivity contribution in [1.82, 2.24) is 0 Å². The Balaban J connectivity index is 3.40. The van der Waals surface area contributed by atoms with E-state index < -0.39 is 18.2 Å². The van der Waals surface area contributed by atoms with Gasteiger partial charge in [0.15, 0.2) is 5.78 Å². The number of carboxylic acid groups (broad SMARTS) is 1. The summed E-state index contributed by atoms with van der Waals surface area (Å²) in [5, 5.41) is 9.58. The molecule has 3 nitrogen and oxygen atoms in total. The van der Waals surface area contributed by atoms with Crippen molar-refractivity contribution < 1.29 is 14.7 Å². The van der Waals surface area contributed by atoms with Gasteiger partial charge in [0.25, 0.3) is 0 Å². The Morgan fingerprint density at radius 3 is 2.12 bits per heavy atom. The Kier molecular flexibility index (Phi) is 3.19. The van der Waals surface area contributed by atoms with Gasteiger partial charge in [-0.3, -0.25) is 4.79 Å². The Morgan fingerprint density at radius 1 is 1.50 bits per heavy atom. The zero-order valence-corrected chi connectivity index (χ0v) is 4.77. The normalized spacial score (nSPS) is 8.62. The number of carbonyl (C=O) groups excluding carboxylic acids is 2. The van der Waals surface area contributed by atoms with Crippen molar-refractivity contribution in [2.45, 2.75) is 6.42 Å². The molecule has 0 fully saturated rings. The van der Waals surface area contributed by atoms with E-state index >= 15 is 0 Å². The molecule has 0 amide bonds. The fourth-order valence-electron chi connectivity index (χ4n) is 0.208. The lowest BCUT2D eigenvalue weighted by molar-refractivity contribution is -0.304. The minimum absolute atomic E-state index is 0.256. The smallest absolute Gasteiger partial charge is 0.153 e. The largest absolute Gasteiger partial charge is 0.550 e. The van der Waals surface area contributed by atoms with Crippen LogP contribution in [0.5, 0.6) is 0 Å². The van der Waals surface area contributed by atoms with E-state index in [-0.39, 0.29) is 5.88 Å². The zero-order chi connectivity index (χ0) is 6.57. The van der Waals surface area contributed by atoms with Gasteiger partial charge < -0.3 is 9.90 Å². The lowest BCUT2D eigenvalue weighted by atomic mass is 10.3. The van der Waals surface area contributed by atoms with E-state index in [1.54, 1.807) is 0 Å². The van der Waals surface area contributed by atoms with E-state index in [9.17, 15) is 14.7 Å². The van der Waals surface area contributed by atoms with Gasteiger partial charge >= 0.3 is 0 Å². The van der Waals surface area contributed by atoms with Gasteiger partial charge in [0.2, 0.25) is 0 Å². The Labute approximate surface area is 51.3 Å². The zero-order valence-electron chi connectivity index (χ0n) is 4.02. The molecule has 0 N–H and O–H groups in total. The molecule has 0 aromatic rings. The third-order valence-electron chi connectivity index (χ3n) is 0.491. The average Bonchev–Trinajstić information content (AvgIpc) is 1.65. The molecular weight excluding hydrogens is 131 g/mol. The van der Waals surface area contributed by atoms with Crippen LogP contribution in [0.3, 0.4) is 0 Å². The van der Waals surface area contributed by atoms with Gasteiger partial charge in [-0.1, -0.05) is 0 Å². The number of halogens is 1. The van der Waals surface area contributed by atoms with Crippen LogP contribution < -0.4 is 5.11 Å². The summed E-state index contributed by atoms with van der Waals surface area (Å²) in [5.74, 6) is -2.16. The number of ketones is 1. The molecule has 8 heavy (non-hydrogen) atoms. The summed E-state index contributed by atoms with van der Waals surface area (Å²) in [6.07, 6.45) is -0.580. The van der Waals surface area contributed by atoms with Crippen LogP contribution in [0.2, 0.25) is 0 Å². The number of alkyl halides is 1. The maximum absolute atomic E-state index is 10.1. The molecule has 46 valence electrons. The highest BCUT2D eigenvalue weighted by Gasteiger charge is 1.96. The first-order valence-electron chi connectivity index (χ1n) is 1.94. The van der Waals surface area contributed by atoms with Crippen molar-refractivity contribution in [3.63, 3.8) is 0 Å². The quantitative estimate of drug-likeness (QED) is 0.366. The van der Waals surface area contributed by atoms with Gasteiger partial charge in [-0.25, -0.2) is 0 Å². The Hall–Kier alpha value is -0.570. The van der Waals surface area contributed by atoms with Gasteiger partial charge in [-0.2, -0.15) is 0 Å². The van der Waals surface area contributed by atoms with Gasteiger partial charge in [0.05, 0.1) is 5.88 Å². The summed E-state index contributed by atoms with van der Waals surface area (Å²) >= 11 is 4.96.